The SMILES string of the molecule is COc1cccc(C(CNC(=O)C2CCCN2C(=O)c2cccs2)N2CCCC2)c1. The summed E-state index contributed by atoms with van der Waals surface area (Å²) in [5.74, 6) is 0.738. The molecule has 2 aromatic rings. The smallest absolute Gasteiger partial charge is 0.264 e. The fourth-order valence-electron chi connectivity index (χ4n) is 4.50. The van der Waals surface area contributed by atoms with E-state index in [0.717, 1.165) is 37.2 Å². The Balaban J connectivity index is 1.44. The third-order valence-corrected chi connectivity index (χ3v) is 6.94. The van der Waals surface area contributed by atoms with Crippen molar-refractivity contribution in [3.05, 3.63) is 52.2 Å². The molecule has 0 saturated carbocycles. The number of thiophene rings is 1. The molecule has 2 saturated heterocycles. The van der Waals surface area contributed by atoms with E-state index in [1.807, 2.05) is 29.6 Å². The monoisotopic (exact) mass is 427 g/mol. The fourth-order valence-corrected chi connectivity index (χ4v) is 5.18. The van der Waals surface area contributed by atoms with E-state index in [1.165, 1.54) is 24.2 Å². The molecule has 1 aromatic heterocycles. The molecule has 30 heavy (non-hydrogen) atoms. The van der Waals surface area contributed by atoms with Gasteiger partial charge in [-0.25, -0.2) is 0 Å². The normalized spacial score (nSPS) is 20.3. The largest absolute Gasteiger partial charge is 0.497 e. The van der Waals surface area contributed by atoms with Gasteiger partial charge in [0.25, 0.3) is 5.91 Å². The Kier molecular flexibility index (Phi) is 6.69. The van der Waals surface area contributed by atoms with Gasteiger partial charge in [-0.1, -0.05) is 18.2 Å². The van der Waals surface area contributed by atoms with Crippen LogP contribution >= 0.6 is 11.3 Å². The highest BCUT2D eigenvalue weighted by molar-refractivity contribution is 7.12. The number of hydrogen-bond acceptors (Lipinski definition) is 5. The molecule has 0 aliphatic carbocycles. The Morgan fingerprint density at radius 1 is 1.17 bits per heavy atom. The molecule has 1 aromatic carbocycles. The van der Waals surface area contributed by atoms with Crippen LogP contribution in [0.2, 0.25) is 0 Å². The summed E-state index contributed by atoms with van der Waals surface area (Å²) >= 11 is 1.43. The van der Waals surface area contributed by atoms with Crippen molar-refractivity contribution in [2.75, 3.05) is 33.3 Å². The molecule has 2 fully saturated rings. The van der Waals surface area contributed by atoms with E-state index in [9.17, 15) is 9.59 Å². The van der Waals surface area contributed by atoms with Crippen LogP contribution in [0.25, 0.3) is 0 Å². The van der Waals surface area contributed by atoms with Crippen LogP contribution < -0.4 is 10.1 Å². The van der Waals surface area contributed by atoms with Crippen molar-refractivity contribution in [2.24, 2.45) is 0 Å². The quantitative estimate of drug-likeness (QED) is 0.736. The first-order valence-corrected chi connectivity index (χ1v) is 11.6. The molecular formula is C23H29N3O3S. The molecule has 2 aliphatic rings. The number of ether oxygens (including phenoxy) is 1. The fraction of sp³-hybridized carbons (Fsp3) is 0.478. The lowest BCUT2D eigenvalue weighted by Crippen LogP contribution is -2.47. The first-order chi connectivity index (χ1) is 14.7. The molecule has 0 spiro atoms. The topological polar surface area (TPSA) is 61.9 Å². The Labute approximate surface area is 181 Å². The number of methoxy groups -OCH3 is 1. The minimum atomic E-state index is -0.385. The highest BCUT2D eigenvalue weighted by Gasteiger charge is 2.35. The predicted molar refractivity (Wildman–Crippen MR) is 118 cm³/mol. The molecule has 6 nitrogen and oxygen atoms in total. The Hall–Kier alpha value is -2.38. The minimum absolute atomic E-state index is 0.0356. The van der Waals surface area contributed by atoms with E-state index in [0.29, 0.717) is 18.0 Å². The van der Waals surface area contributed by atoms with Crippen molar-refractivity contribution >= 4 is 23.2 Å². The number of likely N-dealkylation sites (tertiary alicyclic amines) is 2. The van der Waals surface area contributed by atoms with Crippen LogP contribution in [-0.2, 0) is 4.79 Å². The summed E-state index contributed by atoms with van der Waals surface area (Å²) in [5, 5.41) is 5.05. The summed E-state index contributed by atoms with van der Waals surface area (Å²) < 4.78 is 5.40. The maximum absolute atomic E-state index is 13.1. The van der Waals surface area contributed by atoms with Crippen molar-refractivity contribution in [3.8, 4) is 5.75 Å². The van der Waals surface area contributed by atoms with Crippen LogP contribution in [0.1, 0.15) is 47.0 Å². The van der Waals surface area contributed by atoms with Crippen LogP contribution in [0, 0.1) is 0 Å². The summed E-state index contributed by atoms with van der Waals surface area (Å²) in [5.41, 5.74) is 1.15. The molecule has 2 atom stereocenters. The average Bonchev–Trinajstić information content (AvgIpc) is 3.56. The van der Waals surface area contributed by atoms with Gasteiger partial charge in [-0.15, -0.1) is 11.3 Å². The lowest BCUT2D eigenvalue weighted by molar-refractivity contribution is -0.125. The number of carbonyl (C=O) groups is 2. The summed E-state index contributed by atoms with van der Waals surface area (Å²) in [6.07, 6.45) is 3.94. The number of carbonyl (C=O) groups excluding carboxylic acids is 2. The Morgan fingerprint density at radius 3 is 2.73 bits per heavy atom. The van der Waals surface area contributed by atoms with Crippen LogP contribution in [0.3, 0.4) is 0 Å². The van der Waals surface area contributed by atoms with Gasteiger partial charge in [-0.05, 0) is 67.9 Å². The van der Waals surface area contributed by atoms with Gasteiger partial charge >= 0.3 is 0 Å². The molecule has 1 N–H and O–H groups in total. The third kappa shape index (κ3) is 4.52. The molecule has 4 rings (SSSR count). The molecule has 2 unspecified atom stereocenters. The molecule has 7 heteroatoms. The van der Waals surface area contributed by atoms with Crippen molar-refractivity contribution in [1.29, 1.82) is 0 Å². The number of hydrogen-bond donors (Lipinski definition) is 1. The second-order valence-electron chi connectivity index (χ2n) is 7.91. The van der Waals surface area contributed by atoms with E-state index < -0.39 is 0 Å². The van der Waals surface area contributed by atoms with Gasteiger partial charge in [0.2, 0.25) is 5.91 Å². The highest BCUT2D eigenvalue weighted by Crippen LogP contribution is 2.28. The first-order valence-electron chi connectivity index (χ1n) is 10.7. The van der Waals surface area contributed by atoms with Crippen LogP contribution in [0.4, 0.5) is 0 Å². The van der Waals surface area contributed by atoms with Gasteiger partial charge in [0.1, 0.15) is 11.8 Å². The van der Waals surface area contributed by atoms with Crippen molar-refractivity contribution < 1.29 is 14.3 Å². The van der Waals surface area contributed by atoms with Crippen molar-refractivity contribution in [2.45, 2.75) is 37.8 Å². The zero-order valence-corrected chi connectivity index (χ0v) is 18.2. The summed E-state index contributed by atoms with van der Waals surface area (Å²) in [4.78, 5) is 30.7. The summed E-state index contributed by atoms with van der Waals surface area (Å²) in [6, 6.07) is 11.5. The van der Waals surface area contributed by atoms with Gasteiger partial charge in [0.15, 0.2) is 0 Å². The number of benzene rings is 1. The Bertz CT molecular complexity index is 864. The predicted octanol–water partition coefficient (Wildman–Crippen LogP) is 3.31. The molecular weight excluding hydrogens is 398 g/mol. The van der Waals surface area contributed by atoms with Crippen molar-refractivity contribution in [1.82, 2.24) is 15.1 Å². The number of rotatable bonds is 7. The van der Waals surface area contributed by atoms with Gasteiger partial charge in [0.05, 0.1) is 18.0 Å². The molecule has 2 amide bonds. The average molecular weight is 428 g/mol. The number of nitrogens with one attached hydrogen (secondary N) is 1. The van der Waals surface area contributed by atoms with Crippen LogP contribution in [-0.4, -0.2) is 60.9 Å². The van der Waals surface area contributed by atoms with Gasteiger partial charge in [-0.2, -0.15) is 0 Å². The summed E-state index contributed by atoms with van der Waals surface area (Å²) in [6.45, 7) is 3.23. The maximum Gasteiger partial charge on any atom is 0.264 e. The second kappa shape index (κ2) is 9.62. The van der Waals surface area contributed by atoms with E-state index in [1.54, 1.807) is 12.0 Å². The Morgan fingerprint density at radius 2 is 2.00 bits per heavy atom. The zero-order valence-electron chi connectivity index (χ0n) is 17.4. The lowest BCUT2D eigenvalue weighted by atomic mass is 10.0. The minimum Gasteiger partial charge on any atom is -0.497 e. The van der Waals surface area contributed by atoms with E-state index in [-0.39, 0.29) is 23.9 Å². The van der Waals surface area contributed by atoms with E-state index in [2.05, 4.69) is 22.3 Å². The first kappa shape index (κ1) is 20.9. The van der Waals surface area contributed by atoms with Gasteiger partial charge in [-0.3, -0.25) is 14.5 Å². The zero-order chi connectivity index (χ0) is 20.9. The number of nitrogens with zero attached hydrogens (tertiary/aromatic N) is 2. The molecule has 160 valence electrons. The molecule has 2 aliphatic heterocycles. The maximum atomic E-state index is 13.1. The van der Waals surface area contributed by atoms with Crippen LogP contribution in [0.5, 0.6) is 5.75 Å². The highest BCUT2D eigenvalue weighted by atomic mass is 32.1. The molecule has 3 heterocycles. The van der Waals surface area contributed by atoms with Gasteiger partial charge < -0.3 is 15.0 Å². The number of amides is 2. The standard InChI is InChI=1S/C23H29N3O3S/c1-29-18-8-4-7-17(15-18)20(25-11-2-3-12-25)16-24-22(27)19-9-5-13-26(19)23(28)21-10-6-14-30-21/h4,6-8,10,14-15,19-20H,2-3,5,9,11-13,16H2,1H3,(H,24,27). The molecule has 0 radical (unpaired) electrons. The van der Waals surface area contributed by atoms with E-state index >= 15 is 0 Å². The second-order valence-corrected chi connectivity index (χ2v) is 8.86. The summed E-state index contributed by atoms with van der Waals surface area (Å²) in [7, 11) is 1.67. The van der Waals surface area contributed by atoms with Crippen molar-refractivity contribution in [3.63, 3.8) is 0 Å². The van der Waals surface area contributed by atoms with Gasteiger partial charge in [0, 0.05) is 13.1 Å². The van der Waals surface area contributed by atoms with Crippen LogP contribution in [0.15, 0.2) is 41.8 Å². The lowest BCUT2D eigenvalue weighted by Gasteiger charge is -2.30. The third-order valence-electron chi connectivity index (χ3n) is 6.08. The van der Waals surface area contributed by atoms with E-state index in [4.69, 9.17) is 4.74 Å². The molecule has 0 bridgehead atoms.